The van der Waals surface area contributed by atoms with Gasteiger partial charge in [-0.15, -0.1) is 0 Å². The second-order valence-corrected chi connectivity index (χ2v) is 3.53. The summed E-state index contributed by atoms with van der Waals surface area (Å²) < 4.78 is 1.28. The van der Waals surface area contributed by atoms with Crippen LogP contribution in [0.25, 0.3) is 11.2 Å². The Balaban J connectivity index is 2.56. The lowest BCUT2D eigenvalue weighted by molar-refractivity contribution is -0.134. The van der Waals surface area contributed by atoms with Gasteiger partial charge in [-0.25, -0.2) is 4.79 Å². The smallest absolute Gasteiger partial charge is 0.330 e. The molecule has 18 heavy (non-hydrogen) atoms. The maximum atomic E-state index is 11.5. The first-order valence-corrected chi connectivity index (χ1v) is 5.21. The summed E-state index contributed by atoms with van der Waals surface area (Å²) >= 11 is 0. The van der Waals surface area contributed by atoms with Crippen LogP contribution in [0.4, 0.5) is 5.95 Å². The van der Waals surface area contributed by atoms with Crippen molar-refractivity contribution < 1.29 is 9.90 Å². The fourth-order valence-electron chi connectivity index (χ4n) is 1.58. The summed E-state index contributed by atoms with van der Waals surface area (Å²) in [5.41, 5.74) is -0.815. The van der Waals surface area contributed by atoms with Gasteiger partial charge in [-0.3, -0.25) is 19.1 Å². The molecule has 2 rings (SSSR count). The number of H-pyrrole nitrogens is 2. The number of carboxylic acid groups (broad SMARTS) is 1. The van der Waals surface area contributed by atoms with Gasteiger partial charge < -0.3 is 15.4 Å². The van der Waals surface area contributed by atoms with Gasteiger partial charge in [-0.2, -0.15) is 4.98 Å². The summed E-state index contributed by atoms with van der Waals surface area (Å²) in [6, 6.07) is 0. The fraction of sp³-hybridized carbons (Fsp3) is 0.333. The summed E-state index contributed by atoms with van der Waals surface area (Å²) in [5, 5.41) is 11.0. The number of hydrogen-bond donors (Lipinski definition) is 4. The third kappa shape index (κ3) is 1.97. The number of imidazole rings is 1. The molecule has 0 amide bonds. The van der Waals surface area contributed by atoms with Gasteiger partial charge in [-0.05, 0) is 6.92 Å². The largest absolute Gasteiger partial charge is 0.480 e. The first kappa shape index (κ1) is 11.9. The number of rotatable bonds is 4. The summed E-state index contributed by atoms with van der Waals surface area (Å²) in [7, 11) is 0. The van der Waals surface area contributed by atoms with Crippen LogP contribution in [0.5, 0.6) is 0 Å². The molecule has 0 aromatic carbocycles. The monoisotopic (exact) mass is 253 g/mol. The molecule has 0 radical (unpaired) electrons. The number of aromatic nitrogens is 4. The van der Waals surface area contributed by atoms with Crippen LogP contribution >= 0.6 is 0 Å². The average molecular weight is 253 g/mol. The van der Waals surface area contributed by atoms with Crippen LogP contribution in [0.15, 0.2) is 9.59 Å². The number of nitrogens with zero attached hydrogens (tertiary/aromatic N) is 2. The normalized spacial score (nSPS) is 10.7. The molecule has 2 aromatic rings. The van der Waals surface area contributed by atoms with Crippen molar-refractivity contribution in [2.24, 2.45) is 0 Å². The highest BCUT2D eigenvalue weighted by molar-refractivity contribution is 5.75. The van der Waals surface area contributed by atoms with E-state index in [2.05, 4.69) is 20.3 Å². The van der Waals surface area contributed by atoms with Crippen LogP contribution in [0, 0.1) is 0 Å². The van der Waals surface area contributed by atoms with Gasteiger partial charge in [0.15, 0.2) is 11.2 Å². The summed E-state index contributed by atoms with van der Waals surface area (Å²) in [5.74, 6) is -0.928. The predicted molar refractivity (Wildman–Crippen MR) is 62.8 cm³/mol. The lowest BCUT2D eigenvalue weighted by Crippen LogP contribution is -2.29. The molecule has 2 aromatic heterocycles. The second kappa shape index (κ2) is 4.35. The highest BCUT2D eigenvalue weighted by atomic mass is 16.4. The van der Waals surface area contributed by atoms with Crippen LogP contribution in [0.2, 0.25) is 0 Å². The van der Waals surface area contributed by atoms with Gasteiger partial charge in [0.25, 0.3) is 5.56 Å². The Morgan fingerprint density at radius 3 is 2.78 bits per heavy atom. The molecule has 9 nitrogen and oxygen atoms in total. The van der Waals surface area contributed by atoms with Crippen molar-refractivity contribution in [1.82, 2.24) is 19.5 Å². The van der Waals surface area contributed by atoms with E-state index in [4.69, 9.17) is 5.11 Å². The third-order valence-corrected chi connectivity index (χ3v) is 2.36. The first-order chi connectivity index (χ1) is 8.52. The molecule has 0 bridgehead atoms. The van der Waals surface area contributed by atoms with Crippen LogP contribution in [0.1, 0.15) is 6.92 Å². The lowest BCUT2D eigenvalue weighted by Gasteiger charge is -1.99. The summed E-state index contributed by atoms with van der Waals surface area (Å²) in [6.07, 6.45) is 0. The van der Waals surface area contributed by atoms with E-state index in [1.165, 1.54) is 4.57 Å². The van der Waals surface area contributed by atoms with Crippen LogP contribution in [-0.2, 0) is 11.3 Å². The van der Waals surface area contributed by atoms with E-state index in [-0.39, 0.29) is 23.7 Å². The highest BCUT2D eigenvalue weighted by Gasteiger charge is 2.12. The molecule has 0 aliphatic carbocycles. The Labute approximate surface area is 99.5 Å². The van der Waals surface area contributed by atoms with E-state index in [0.29, 0.717) is 6.54 Å². The molecule has 0 saturated heterocycles. The van der Waals surface area contributed by atoms with Crippen LogP contribution in [0.3, 0.4) is 0 Å². The van der Waals surface area contributed by atoms with Crippen molar-refractivity contribution in [3.63, 3.8) is 0 Å². The van der Waals surface area contributed by atoms with E-state index >= 15 is 0 Å². The number of hydrogen-bond acceptors (Lipinski definition) is 5. The van der Waals surface area contributed by atoms with Crippen molar-refractivity contribution >= 4 is 23.1 Å². The van der Waals surface area contributed by atoms with E-state index in [0.717, 1.165) is 0 Å². The van der Waals surface area contributed by atoms with E-state index in [1.807, 2.05) is 0 Å². The minimum atomic E-state index is -1.06. The molecule has 0 aliphatic heterocycles. The Kier molecular flexibility index (Phi) is 2.88. The summed E-state index contributed by atoms with van der Waals surface area (Å²) in [6.45, 7) is 1.74. The standard InChI is InChI=1S/C9H11N5O4/c1-2-14-6-5(7(17)13-9(14)18)11-8(12-6)10-3-4(15)16/h2-3H2,1H3,(H,15,16)(H2,10,11,12)(H,13,17,18). The van der Waals surface area contributed by atoms with Crippen molar-refractivity contribution in [1.29, 1.82) is 0 Å². The maximum Gasteiger partial charge on any atom is 0.330 e. The number of carboxylic acids is 1. The quantitative estimate of drug-likeness (QED) is 0.548. The van der Waals surface area contributed by atoms with Crippen molar-refractivity contribution in [2.45, 2.75) is 13.5 Å². The molecule has 0 aliphatic rings. The molecule has 0 unspecified atom stereocenters. The molecule has 96 valence electrons. The number of anilines is 1. The lowest BCUT2D eigenvalue weighted by atomic mass is 10.5. The minimum absolute atomic E-state index is 0.129. The summed E-state index contributed by atoms with van der Waals surface area (Å²) in [4.78, 5) is 42.2. The molecule has 0 saturated carbocycles. The molecule has 9 heteroatoms. The fourth-order valence-corrected chi connectivity index (χ4v) is 1.58. The number of fused-ring (bicyclic) bond motifs is 1. The van der Waals surface area contributed by atoms with E-state index < -0.39 is 17.2 Å². The average Bonchev–Trinajstić information content (AvgIpc) is 2.71. The third-order valence-electron chi connectivity index (χ3n) is 2.36. The molecule has 4 N–H and O–H groups in total. The molecular formula is C9H11N5O4. The van der Waals surface area contributed by atoms with Gasteiger partial charge in [0.05, 0.1) is 0 Å². The molecule has 0 atom stereocenters. The Morgan fingerprint density at radius 2 is 2.17 bits per heavy atom. The maximum absolute atomic E-state index is 11.5. The van der Waals surface area contributed by atoms with Gasteiger partial charge in [0.1, 0.15) is 6.54 Å². The zero-order chi connectivity index (χ0) is 13.3. The number of aryl methyl sites for hydroxylation is 1. The van der Waals surface area contributed by atoms with Crippen LogP contribution in [-0.4, -0.2) is 37.1 Å². The van der Waals surface area contributed by atoms with Gasteiger partial charge in [0.2, 0.25) is 5.95 Å². The van der Waals surface area contributed by atoms with Crippen molar-refractivity contribution in [3.8, 4) is 0 Å². The Hall–Kier alpha value is -2.58. The number of nitrogens with one attached hydrogen (secondary N) is 3. The van der Waals surface area contributed by atoms with Crippen molar-refractivity contribution in [2.75, 3.05) is 11.9 Å². The van der Waals surface area contributed by atoms with E-state index in [1.54, 1.807) is 6.92 Å². The van der Waals surface area contributed by atoms with Gasteiger partial charge >= 0.3 is 11.7 Å². The van der Waals surface area contributed by atoms with Crippen molar-refractivity contribution in [3.05, 3.63) is 20.8 Å². The topological polar surface area (TPSA) is 133 Å². The minimum Gasteiger partial charge on any atom is -0.480 e. The number of aromatic amines is 2. The molecule has 2 heterocycles. The molecule has 0 spiro atoms. The SMILES string of the molecule is CCn1c(=O)[nH]c(=O)c2[nH]c(NCC(=O)O)nc21. The Morgan fingerprint density at radius 1 is 1.44 bits per heavy atom. The highest BCUT2D eigenvalue weighted by Crippen LogP contribution is 2.08. The second-order valence-electron chi connectivity index (χ2n) is 3.53. The zero-order valence-corrected chi connectivity index (χ0v) is 9.48. The molecule has 0 fully saturated rings. The molecular weight excluding hydrogens is 242 g/mol. The van der Waals surface area contributed by atoms with Gasteiger partial charge in [-0.1, -0.05) is 0 Å². The first-order valence-electron chi connectivity index (χ1n) is 5.21. The zero-order valence-electron chi connectivity index (χ0n) is 9.48. The number of aliphatic carboxylic acids is 1. The Bertz CT molecular complexity index is 710. The van der Waals surface area contributed by atoms with E-state index in [9.17, 15) is 14.4 Å². The number of carbonyl (C=O) groups is 1. The van der Waals surface area contributed by atoms with Gasteiger partial charge in [0, 0.05) is 6.54 Å². The van der Waals surface area contributed by atoms with Crippen LogP contribution < -0.4 is 16.6 Å². The predicted octanol–water partition coefficient (Wildman–Crippen LogP) is -1.07.